The van der Waals surface area contributed by atoms with Crippen LogP contribution in [0.5, 0.6) is 0 Å². The number of anilines is 1. The Morgan fingerprint density at radius 2 is 2.00 bits per heavy atom. The summed E-state index contributed by atoms with van der Waals surface area (Å²) >= 11 is 13.3. The number of carbonyl (C=O) groups excluding carboxylic acids is 1. The lowest BCUT2D eigenvalue weighted by Crippen LogP contribution is -2.23. The van der Waals surface area contributed by atoms with E-state index in [1.54, 1.807) is 0 Å². The van der Waals surface area contributed by atoms with Crippen LogP contribution in [0.2, 0.25) is 10.0 Å². The Labute approximate surface area is 176 Å². The minimum Gasteiger partial charge on any atom is -0.308 e. The van der Waals surface area contributed by atoms with E-state index in [0.717, 1.165) is 24.4 Å². The number of nitrogens with one attached hydrogen (secondary N) is 1. The number of nitrogens with zero attached hydrogens (tertiary/aromatic N) is 4. The Kier molecular flexibility index (Phi) is 5.57. The second-order valence-electron chi connectivity index (χ2n) is 6.52. The Morgan fingerprint density at radius 1 is 1.25 bits per heavy atom. The fraction of sp³-hybridized carbons (Fsp3) is 0.263. The molecule has 0 aliphatic heterocycles. The van der Waals surface area contributed by atoms with Gasteiger partial charge in [-0.2, -0.15) is 0 Å². The Morgan fingerprint density at radius 3 is 2.68 bits per heavy atom. The van der Waals surface area contributed by atoms with Crippen LogP contribution in [0.1, 0.15) is 31.5 Å². The standard InChI is InChI=1S/C19H17Cl2N5OS/c1-11(18(27)23-16-15(21)9-13(20)10-22-16)28-19-25-24-17(12-7-8-12)26(19)14-5-3-2-4-6-14/h2-6,9-12H,7-8H2,1H3,(H,22,23,27). The number of para-hydroxylation sites is 1. The molecule has 1 fully saturated rings. The van der Waals surface area contributed by atoms with Gasteiger partial charge in [0, 0.05) is 17.8 Å². The lowest BCUT2D eigenvalue weighted by Gasteiger charge is -2.14. The highest BCUT2D eigenvalue weighted by Crippen LogP contribution is 2.41. The number of carbonyl (C=O) groups is 1. The molecule has 4 rings (SSSR count). The second-order valence-corrected chi connectivity index (χ2v) is 8.67. The molecule has 1 amide bonds. The van der Waals surface area contributed by atoms with Crippen LogP contribution in [0.4, 0.5) is 5.82 Å². The molecule has 1 N–H and O–H groups in total. The first kappa shape index (κ1) is 19.2. The van der Waals surface area contributed by atoms with Gasteiger partial charge in [-0.15, -0.1) is 10.2 Å². The molecule has 0 bridgehead atoms. The van der Waals surface area contributed by atoms with Gasteiger partial charge in [0.25, 0.3) is 0 Å². The van der Waals surface area contributed by atoms with Crippen molar-refractivity contribution >= 4 is 46.7 Å². The lowest BCUT2D eigenvalue weighted by atomic mass is 10.3. The van der Waals surface area contributed by atoms with Gasteiger partial charge < -0.3 is 5.32 Å². The van der Waals surface area contributed by atoms with Crippen LogP contribution in [0.25, 0.3) is 5.69 Å². The van der Waals surface area contributed by atoms with E-state index in [-0.39, 0.29) is 11.7 Å². The van der Waals surface area contributed by atoms with Crippen LogP contribution in [-0.2, 0) is 4.79 Å². The minimum absolute atomic E-state index is 0.225. The van der Waals surface area contributed by atoms with Crippen molar-refractivity contribution in [2.24, 2.45) is 0 Å². The highest BCUT2D eigenvalue weighted by Gasteiger charge is 2.32. The molecular weight excluding hydrogens is 417 g/mol. The zero-order chi connectivity index (χ0) is 19.7. The Balaban J connectivity index is 1.54. The van der Waals surface area contributed by atoms with Gasteiger partial charge in [-0.3, -0.25) is 9.36 Å². The zero-order valence-electron chi connectivity index (χ0n) is 15.0. The summed E-state index contributed by atoms with van der Waals surface area (Å²) in [6.07, 6.45) is 3.67. The molecular formula is C19H17Cl2N5OS. The first-order chi connectivity index (χ1) is 13.5. The number of amides is 1. The third kappa shape index (κ3) is 4.16. The van der Waals surface area contributed by atoms with Crippen LogP contribution in [-0.4, -0.2) is 30.9 Å². The SMILES string of the molecule is CC(Sc1nnc(C2CC2)n1-c1ccccc1)C(=O)Nc1ncc(Cl)cc1Cl. The van der Waals surface area contributed by atoms with E-state index >= 15 is 0 Å². The zero-order valence-corrected chi connectivity index (χ0v) is 17.3. The smallest absolute Gasteiger partial charge is 0.238 e. The molecule has 0 saturated heterocycles. The van der Waals surface area contributed by atoms with Gasteiger partial charge >= 0.3 is 0 Å². The fourth-order valence-electron chi connectivity index (χ4n) is 2.72. The maximum absolute atomic E-state index is 12.6. The largest absolute Gasteiger partial charge is 0.308 e. The summed E-state index contributed by atoms with van der Waals surface area (Å²) in [5.41, 5.74) is 0.993. The molecule has 1 aromatic carbocycles. The maximum Gasteiger partial charge on any atom is 0.238 e. The number of aromatic nitrogens is 4. The van der Waals surface area contributed by atoms with Gasteiger partial charge in [-0.25, -0.2) is 4.98 Å². The van der Waals surface area contributed by atoms with Crippen molar-refractivity contribution in [3.05, 3.63) is 58.5 Å². The first-order valence-corrected chi connectivity index (χ1v) is 10.5. The van der Waals surface area contributed by atoms with Crippen molar-refractivity contribution in [3.8, 4) is 5.69 Å². The Hall–Kier alpha value is -2.09. The summed E-state index contributed by atoms with van der Waals surface area (Å²) in [6, 6.07) is 11.5. The van der Waals surface area contributed by atoms with Crippen LogP contribution in [0.15, 0.2) is 47.8 Å². The number of benzene rings is 1. The van der Waals surface area contributed by atoms with Gasteiger partial charge in [0.1, 0.15) is 5.82 Å². The minimum atomic E-state index is -0.424. The van der Waals surface area contributed by atoms with Crippen molar-refractivity contribution in [1.82, 2.24) is 19.7 Å². The second kappa shape index (κ2) is 8.11. The van der Waals surface area contributed by atoms with E-state index < -0.39 is 5.25 Å². The highest BCUT2D eigenvalue weighted by atomic mass is 35.5. The number of hydrogen-bond donors (Lipinski definition) is 1. The van der Waals surface area contributed by atoms with Crippen LogP contribution in [0.3, 0.4) is 0 Å². The summed E-state index contributed by atoms with van der Waals surface area (Å²) in [7, 11) is 0. The summed E-state index contributed by atoms with van der Waals surface area (Å²) in [6.45, 7) is 1.81. The predicted octanol–water partition coefficient (Wildman–Crippen LogP) is 4.97. The van der Waals surface area contributed by atoms with E-state index in [9.17, 15) is 4.79 Å². The van der Waals surface area contributed by atoms with Crippen LogP contribution in [0, 0.1) is 0 Å². The monoisotopic (exact) mass is 433 g/mol. The van der Waals surface area contributed by atoms with Crippen molar-refractivity contribution in [2.75, 3.05) is 5.32 Å². The number of rotatable bonds is 6. The molecule has 1 unspecified atom stereocenters. The van der Waals surface area contributed by atoms with Crippen molar-refractivity contribution < 1.29 is 4.79 Å². The van der Waals surface area contributed by atoms with Crippen LogP contribution >= 0.6 is 35.0 Å². The average Bonchev–Trinajstić information content (AvgIpc) is 3.45. The van der Waals surface area contributed by atoms with E-state index in [2.05, 4.69) is 20.5 Å². The molecule has 1 aliphatic carbocycles. The van der Waals surface area contributed by atoms with Gasteiger partial charge in [0.15, 0.2) is 11.0 Å². The number of hydrogen-bond acceptors (Lipinski definition) is 5. The topological polar surface area (TPSA) is 72.7 Å². The van der Waals surface area contributed by atoms with E-state index in [1.165, 1.54) is 24.0 Å². The molecule has 144 valence electrons. The van der Waals surface area contributed by atoms with E-state index in [0.29, 0.717) is 21.1 Å². The molecule has 28 heavy (non-hydrogen) atoms. The number of pyridine rings is 1. The fourth-order valence-corrected chi connectivity index (χ4v) is 4.02. The molecule has 1 aliphatic rings. The van der Waals surface area contributed by atoms with Crippen LogP contribution < -0.4 is 5.32 Å². The summed E-state index contributed by atoms with van der Waals surface area (Å²) in [5.74, 6) is 1.44. The Bertz CT molecular complexity index is 1010. The molecule has 1 atom stereocenters. The maximum atomic E-state index is 12.6. The number of halogens is 2. The van der Waals surface area contributed by atoms with E-state index in [1.807, 2.05) is 41.8 Å². The molecule has 0 radical (unpaired) electrons. The third-order valence-electron chi connectivity index (χ3n) is 4.32. The van der Waals surface area contributed by atoms with Gasteiger partial charge in [-0.05, 0) is 38.0 Å². The number of thioether (sulfide) groups is 1. The quantitative estimate of drug-likeness (QED) is 0.555. The third-order valence-corrected chi connectivity index (χ3v) is 5.85. The molecule has 6 nitrogen and oxygen atoms in total. The van der Waals surface area contributed by atoms with E-state index in [4.69, 9.17) is 23.2 Å². The summed E-state index contributed by atoms with van der Waals surface area (Å²) in [5, 5.41) is 12.4. The van der Waals surface area contributed by atoms with Gasteiger partial charge in [0.05, 0.1) is 15.3 Å². The van der Waals surface area contributed by atoms with Crippen molar-refractivity contribution in [2.45, 2.75) is 36.1 Å². The molecule has 0 spiro atoms. The molecule has 9 heteroatoms. The molecule has 3 aromatic rings. The lowest BCUT2D eigenvalue weighted by molar-refractivity contribution is -0.115. The van der Waals surface area contributed by atoms with Gasteiger partial charge in [0.2, 0.25) is 5.91 Å². The normalized spacial score (nSPS) is 14.7. The van der Waals surface area contributed by atoms with Gasteiger partial charge in [-0.1, -0.05) is 53.2 Å². The highest BCUT2D eigenvalue weighted by molar-refractivity contribution is 8.00. The van der Waals surface area contributed by atoms with Crippen molar-refractivity contribution in [1.29, 1.82) is 0 Å². The summed E-state index contributed by atoms with van der Waals surface area (Å²) in [4.78, 5) is 16.7. The molecule has 1 saturated carbocycles. The average molecular weight is 434 g/mol. The summed E-state index contributed by atoms with van der Waals surface area (Å²) < 4.78 is 2.04. The molecule has 2 aromatic heterocycles. The van der Waals surface area contributed by atoms with Crippen molar-refractivity contribution in [3.63, 3.8) is 0 Å². The molecule has 2 heterocycles. The first-order valence-electron chi connectivity index (χ1n) is 8.82. The predicted molar refractivity (Wildman–Crippen MR) is 112 cm³/mol.